The minimum atomic E-state index is -0.451. The van der Waals surface area contributed by atoms with Gasteiger partial charge in [0.2, 0.25) is 0 Å². The van der Waals surface area contributed by atoms with E-state index in [4.69, 9.17) is 4.74 Å². The van der Waals surface area contributed by atoms with Gasteiger partial charge in [-0.25, -0.2) is 9.59 Å². The standard InChI is InChI=1S/C16H24N2O3/c1-4-5-6-9-12-17-16(20)18(2)14-11-8-7-10-13(14)15(19)21-3/h7-8,10-11H,4-6,9,12H2,1-3H3,(H,17,20). The molecule has 5 heteroatoms. The van der Waals surface area contributed by atoms with Crippen LogP contribution in [-0.4, -0.2) is 32.7 Å². The van der Waals surface area contributed by atoms with E-state index in [2.05, 4.69) is 12.2 Å². The van der Waals surface area contributed by atoms with Crippen LogP contribution < -0.4 is 10.2 Å². The van der Waals surface area contributed by atoms with E-state index in [1.54, 1.807) is 31.3 Å². The number of hydrogen-bond acceptors (Lipinski definition) is 3. The second-order valence-electron chi connectivity index (χ2n) is 4.86. The van der Waals surface area contributed by atoms with Gasteiger partial charge in [-0.05, 0) is 18.6 Å². The van der Waals surface area contributed by atoms with Crippen molar-refractivity contribution in [3.05, 3.63) is 29.8 Å². The van der Waals surface area contributed by atoms with Crippen molar-refractivity contribution in [3.63, 3.8) is 0 Å². The van der Waals surface area contributed by atoms with Crippen molar-refractivity contribution >= 4 is 17.7 Å². The highest BCUT2D eigenvalue weighted by molar-refractivity contribution is 6.01. The quantitative estimate of drug-likeness (QED) is 0.620. The van der Waals surface area contributed by atoms with Crippen LogP contribution in [0.1, 0.15) is 43.0 Å². The summed E-state index contributed by atoms with van der Waals surface area (Å²) in [4.78, 5) is 25.3. The summed E-state index contributed by atoms with van der Waals surface area (Å²) >= 11 is 0. The molecule has 0 atom stereocenters. The van der Waals surface area contributed by atoms with Crippen LogP contribution >= 0.6 is 0 Å². The summed E-state index contributed by atoms with van der Waals surface area (Å²) in [5, 5.41) is 2.86. The van der Waals surface area contributed by atoms with Gasteiger partial charge in [0.15, 0.2) is 0 Å². The first-order valence-corrected chi connectivity index (χ1v) is 7.30. The van der Waals surface area contributed by atoms with Gasteiger partial charge >= 0.3 is 12.0 Å². The van der Waals surface area contributed by atoms with Crippen LogP contribution in [0.15, 0.2) is 24.3 Å². The van der Waals surface area contributed by atoms with Gasteiger partial charge in [-0.15, -0.1) is 0 Å². The Bertz CT molecular complexity index is 474. The lowest BCUT2D eigenvalue weighted by Gasteiger charge is -2.20. The second kappa shape index (κ2) is 9.00. The highest BCUT2D eigenvalue weighted by Crippen LogP contribution is 2.20. The van der Waals surface area contributed by atoms with Crippen LogP contribution in [0.2, 0.25) is 0 Å². The Hall–Kier alpha value is -2.04. The van der Waals surface area contributed by atoms with Crippen molar-refractivity contribution in [1.82, 2.24) is 5.32 Å². The molecule has 0 spiro atoms. The van der Waals surface area contributed by atoms with Crippen LogP contribution in [0.4, 0.5) is 10.5 Å². The number of esters is 1. The molecule has 0 radical (unpaired) electrons. The van der Waals surface area contributed by atoms with Gasteiger partial charge in [0, 0.05) is 13.6 Å². The first-order chi connectivity index (χ1) is 10.1. The number of unbranched alkanes of at least 4 members (excludes halogenated alkanes) is 3. The fourth-order valence-corrected chi connectivity index (χ4v) is 2.02. The molecule has 0 saturated carbocycles. The monoisotopic (exact) mass is 292 g/mol. The summed E-state index contributed by atoms with van der Waals surface area (Å²) < 4.78 is 4.73. The zero-order valence-corrected chi connectivity index (χ0v) is 13.0. The Morgan fingerprint density at radius 3 is 2.57 bits per heavy atom. The van der Waals surface area contributed by atoms with Gasteiger partial charge in [-0.1, -0.05) is 38.3 Å². The maximum absolute atomic E-state index is 12.1. The van der Waals surface area contributed by atoms with E-state index in [0.29, 0.717) is 17.8 Å². The van der Waals surface area contributed by atoms with Crippen LogP contribution in [0.5, 0.6) is 0 Å². The average molecular weight is 292 g/mol. The Balaban J connectivity index is 2.64. The van der Waals surface area contributed by atoms with Crippen molar-refractivity contribution in [1.29, 1.82) is 0 Å². The number of nitrogens with zero attached hydrogens (tertiary/aromatic N) is 1. The van der Waals surface area contributed by atoms with E-state index in [-0.39, 0.29) is 6.03 Å². The van der Waals surface area contributed by atoms with Crippen LogP contribution in [0.3, 0.4) is 0 Å². The summed E-state index contributed by atoms with van der Waals surface area (Å²) in [6.45, 7) is 2.79. The Labute approximate surface area is 126 Å². The van der Waals surface area contributed by atoms with Gasteiger partial charge in [-0.3, -0.25) is 4.90 Å². The minimum absolute atomic E-state index is 0.220. The molecule has 1 aromatic carbocycles. The highest BCUT2D eigenvalue weighted by Gasteiger charge is 2.18. The number of benzene rings is 1. The molecule has 5 nitrogen and oxygen atoms in total. The maximum Gasteiger partial charge on any atom is 0.339 e. The molecular weight excluding hydrogens is 268 g/mol. The summed E-state index contributed by atoms with van der Waals surface area (Å²) in [5.41, 5.74) is 0.916. The molecule has 0 heterocycles. The highest BCUT2D eigenvalue weighted by atomic mass is 16.5. The number of urea groups is 1. The number of hydrogen-bond donors (Lipinski definition) is 1. The number of nitrogens with one attached hydrogen (secondary N) is 1. The van der Waals surface area contributed by atoms with Crippen LogP contribution in [0, 0.1) is 0 Å². The first kappa shape index (κ1) is 17.0. The Kier molecular flexibility index (Phi) is 7.29. The molecule has 1 rings (SSSR count). The fourth-order valence-electron chi connectivity index (χ4n) is 2.02. The van der Waals surface area contributed by atoms with Gasteiger partial charge < -0.3 is 10.1 Å². The van der Waals surface area contributed by atoms with Crippen molar-refractivity contribution in [3.8, 4) is 0 Å². The van der Waals surface area contributed by atoms with Gasteiger partial charge in [0.25, 0.3) is 0 Å². The largest absolute Gasteiger partial charge is 0.465 e. The van der Waals surface area contributed by atoms with Crippen LogP contribution in [-0.2, 0) is 4.74 Å². The lowest BCUT2D eigenvalue weighted by atomic mass is 10.1. The summed E-state index contributed by atoms with van der Waals surface area (Å²) in [6.07, 6.45) is 4.42. The molecule has 0 unspecified atom stereocenters. The topological polar surface area (TPSA) is 58.6 Å². The number of methoxy groups -OCH3 is 1. The molecule has 0 aromatic heterocycles. The molecule has 116 valence electrons. The lowest BCUT2D eigenvalue weighted by Crippen LogP contribution is -2.38. The normalized spacial score (nSPS) is 10.0. The zero-order chi connectivity index (χ0) is 15.7. The molecule has 0 saturated heterocycles. The summed E-state index contributed by atoms with van der Waals surface area (Å²) in [5.74, 6) is -0.451. The molecule has 1 aromatic rings. The Morgan fingerprint density at radius 1 is 1.19 bits per heavy atom. The third-order valence-corrected chi connectivity index (χ3v) is 3.28. The molecular formula is C16H24N2O3. The third-order valence-electron chi connectivity index (χ3n) is 3.28. The van der Waals surface area contributed by atoms with E-state index in [0.717, 1.165) is 12.8 Å². The van der Waals surface area contributed by atoms with E-state index in [1.165, 1.54) is 24.9 Å². The van der Waals surface area contributed by atoms with Crippen molar-refractivity contribution < 1.29 is 14.3 Å². The van der Waals surface area contributed by atoms with E-state index < -0.39 is 5.97 Å². The SMILES string of the molecule is CCCCCCNC(=O)N(C)c1ccccc1C(=O)OC. The fraction of sp³-hybridized carbons (Fsp3) is 0.500. The van der Waals surface area contributed by atoms with Crippen LogP contribution in [0.25, 0.3) is 0 Å². The molecule has 0 bridgehead atoms. The number of para-hydroxylation sites is 1. The molecule has 1 N–H and O–H groups in total. The maximum atomic E-state index is 12.1. The zero-order valence-electron chi connectivity index (χ0n) is 13.0. The second-order valence-corrected chi connectivity index (χ2v) is 4.86. The number of rotatable bonds is 7. The smallest absolute Gasteiger partial charge is 0.339 e. The number of carbonyl (C=O) groups excluding carboxylic acids is 2. The van der Waals surface area contributed by atoms with Crippen molar-refractivity contribution in [2.45, 2.75) is 32.6 Å². The van der Waals surface area contributed by atoms with E-state index >= 15 is 0 Å². The Morgan fingerprint density at radius 2 is 1.90 bits per heavy atom. The summed E-state index contributed by atoms with van der Waals surface area (Å²) in [6, 6.07) is 6.68. The van der Waals surface area contributed by atoms with Gasteiger partial charge in [-0.2, -0.15) is 0 Å². The van der Waals surface area contributed by atoms with Crippen molar-refractivity contribution in [2.75, 3.05) is 25.6 Å². The molecule has 21 heavy (non-hydrogen) atoms. The average Bonchev–Trinajstić information content (AvgIpc) is 2.53. The van der Waals surface area contributed by atoms with E-state index in [9.17, 15) is 9.59 Å². The predicted molar refractivity (Wildman–Crippen MR) is 83.7 cm³/mol. The predicted octanol–water partition coefficient (Wildman–Crippen LogP) is 3.20. The van der Waals surface area contributed by atoms with Gasteiger partial charge in [0.1, 0.15) is 0 Å². The number of ether oxygens (including phenoxy) is 1. The van der Waals surface area contributed by atoms with Gasteiger partial charge in [0.05, 0.1) is 18.4 Å². The molecule has 0 fully saturated rings. The number of anilines is 1. The van der Waals surface area contributed by atoms with E-state index in [1.807, 2.05) is 0 Å². The lowest BCUT2D eigenvalue weighted by molar-refractivity contribution is 0.0601. The number of amides is 2. The molecule has 2 amide bonds. The first-order valence-electron chi connectivity index (χ1n) is 7.30. The molecule has 0 aliphatic rings. The molecule has 0 aliphatic carbocycles. The third kappa shape index (κ3) is 5.10. The summed E-state index contributed by atoms with van der Waals surface area (Å²) in [7, 11) is 2.97. The molecule has 0 aliphatic heterocycles. The minimum Gasteiger partial charge on any atom is -0.465 e. The number of carbonyl (C=O) groups is 2. The van der Waals surface area contributed by atoms with Crippen molar-refractivity contribution in [2.24, 2.45) is 0 Å².